The smallest absolute Gasteiger partial charge is 0.295 e. The standard InChI is InChI=1S/C23H23Cl2NO5/c1-3-31-16-7-4-6-15(12-16)21(27)19-20(14-8-9-17(24)18(25)13-14)26(10-5-11-30-2)23(29)22(19)28/h4,6-9,12-13,20,27H,3,5,10-11H2,1-2H3/b21-19+. The number of carbonyl (C=O) groups excluding carboxylic acids is 2. The minimum atomic E-state index is -0.803. The van der Waals surface area contributed by atoms with E-state index in [2.05, 4.69) is 0 Å². The molecule has 1 amide bonds. The maximum Gasteiger partial charge on any atom is 0.295 e. The van der Waals surface area contributed by atoms with Gasteiger partial charge in [-0.05, 0) is 43.2 Å². The van der Waals surface area contributed by atoms with Crippen LogP contribution in [0.3, 0.4) is 0 Å². The van der Waals surface area contributed by atoms with E-state index in [4.69, 9.17) is 32.7 Å². The number of carbonyl (C=O) groups is 2. The van der Waals surface area contributed by atoms with E-state index in [0.29, 0.717) is 46.6 Å². The Hall–Kier alpha value is -2.54. The van der Waals surface area contributed by atoms with Crippen molar-refractivity contribution in [3.05, 3.63) is 69.2 Å². The van der Waals surface area contributed by atoms with Crippen molar-refractivity contribution in [2.75, 3.05) is 26.9 Å². The number of hydrogen-bond acceptors (Lipinski definition) is 5. The first-order chi connectivity index (χ1) is 14.9. The summed E-state index contributed by atoms with van der Waals surface area (Å²) in [6, 6.07) is 10.8. The molecule has 6 nitrogen and oxygen atoms in total. The molecule has 1 saturated heterocycles. The summed E-state index contributed by atoms with van der Waals surface area (Å²) in [5.41, 5.74) is 0.953. The van der Waals surface area contributed by atoms with Crippen molar-refractivity contribution in [3.63, 3.8) is 0 Å². The molecule has 0 aromatic heterocycles. The molecule has 0 spiro atoms. The molecule has 2 aromatic rings. The molecule has 2 aromatic carbocycles. The normalized spacial score (nSPS) is 17.9. The van der Waals surface area contributed by atoms with E-state index in [1.165, 1.54) is 4.90 Å². The Kier molecular flexibility index (Phi) is 7.59. The number of rotatable bonds is 8. The van der Waals surface area contributed by atoms with Crippen molar-refractivity contribution in [2.24, 2.45) is 0 Å². The number of halogens is 2. The SMILES string of the molecule is CCOc1cccc(/C(O)=C2\C(=O)C(=O)N(CCCOC)C2c2ccc(Cl)c(Cl)c2)c1. The number of likely N-dealkylation sites (tertiary alicyclic amines) is 1. The first-order valence-electron chi connectivity index (χ1n) is 9.84. The second kappa shape index (κ2) is 10.2. The van der Waals surface area contributed by atoms with Crippen molar-refractivity contribution in [2.45, 2.75) is 19.4 Å². The quantitative estimate of drug-likeness (QED) is 0.262. The van der Waals surface area contributed by atoms with Gasteiger partial charge in [-0.3, -0.25) is 9.59 Å². The first kappa shape index (κ1) is 23.1. The van der Waals surface area contributed by atoms with Gasteiger partial charge in [-0.2, -0.15) is 0 Å². The molecule has 0 bridgehead atoms. The van der Waals surface area contributed by atoms with Gasteiger partial charge in [0.15, 0.2) is 0 Å². The molecule has 164 valence electrons. The minimum Gasteiger partial charge on any atom is -0.507 e. The highest BCUT2D eigenvalue weighted by Gasteiger charge is 2.45. The van der Waals surface area contributed by atoms with Crippen LogP contribution in [0.25, 0.3) is 5.76 Å². The molecule has 31 heavy (non-hydrogen) atoms. The Balaban J connectivity index is 2.13. The van der Waals surface area contributed by atoms with Gasteiger partial charge >= 0.3 is 0 Å². The molecule has 0 saturated carbocycles. The van der Waals surface area contributed by atoms with Crippen LogP contribution in [0, 0.1) is 0 Å². The number of benzene rings is 2. The summed E-state index contributed by atoms with van der Waals surface area (Å²) < 4.78 is 10.6. The number of Topliss-reactive ketones (excluding diaryl/α,β-unsaturated/α-hetero) is 1. The zero-order valence-electron chi connectivity index (χ0n) is 17.2. The maximum atomic E-state index is 13.0. The van der Waals surface area contributed by atoms with E-state index in [-0.39, 0.29) is 17.9 Å². The monoisotopic (exact) mass is 463 g/mol. The predicted molar refractivity (Wildman–Crippen MR) is 120 cm³/mol. The van der Waals surface area contributed by atoms with E-state index in [1.54, 1.807) is 49.6 Å². The Morgan fingerprint density at radius 3 is 2.58 bits per heavy atom. The second-order valence-corrected chi connectivity index (χ2v) is 7.79. The highest BCUT2D eigenvalue weighted by Crippen LogP contribution is 2.41. The molecule has 0 aliphatic carbocycles. The molecule has 8 heteroatoms. The largest absolute Gasteiger partial charge is 0.507 e. The summed E-state index contributed by atoms with van der Waals surface area (Å²) in [5, 5.41) is 11.7. The molecular formula is C23H23Cl2NO5. The van der Waals surface area contributed by atoms with E-state index in [0.717, 1.165) is 0 Å². The molecule has 1 unspecified atom stereocenters. The number of ether oxygens (including phenoxy) is 2. The van der Waals surface area contributed by atoms with Gasteiger partial charge in [-0.25, -0.2) is 0 Å². The third-order valence-electron chi connectivity index (χ3n) is 4.97. The zero-order chi connectivity index (χ0) is 22.5. The van der Waals surface area contributed by atoms with Crippen LogP contribution in [-0.2, 0) is 14.3 Å². The molecule has 1 aliphatic heterocycles. The van der Waals surface area contributed by atoms with Crippen LogP contribution in [0.5, 0.6) is 5.75 Å². The summed E-state index contributed by atoms with van der Waals surface area (Å²) in [4.78, 5) is 27.3. The fourth-order valence-corrected chi connectivity index (χ4v) is 3.88. The van der Waals surface area contributed by atoms with Crippen molar-refractivity contribution in [1.82, 2.24) is 4.90 Å². The van der Waals surface area contributed by atoms with Crippen molar-refractivity contribution in [1.29, 1.82) is 0 Å². The summed E-state index contributed by atoms with van der Waals surface area (Å²) in [5.74, 6) is -1.17. The highest BCUT2D eigenvalue weighted by molar-refractivity contribution is 6.46. The average molecular weight is 464 g/mol. The Bertz CT molecular complexity index is 1020. The third kappa shape index (κ3) is 4.87. The third-order valence-corrected chi connectivity index (χ3v) is 5.70. The summed E-state index contributed by atoms with van der Waals surface area (Å²) >= 11 is 12.3. The van der Waals surface area contributed by atoms with Gasteiger partial charge in [-0.1, -0.05) is 41.4 Å². The first-order valence-corrected chi connectivity index (χ1v) is 10.6. The number of nitrogens with zero attached hydrogens (tertiary/aromatic N) is 1. The van der Waals surface area contributed by atoms with Crippen LogP contribution < -0.4 is 4.74 Å². The predicted octanol–water partition coefficient (Wildman–Crippen LogP) is 4.85. The minimum absolute atomic E-state index is 0.00513. The van der Waals surface area contributed by atoms with Crippen LogP contribution in [0.15, 0.2) is 48.0 Å². The van der Waals surface area contributed by atoms with Crippen molar-refractivity contribution >= 4 is 40.7 Å². The van der Waals surface area contributed by atoms with Gasteiger partial charge in [-0.15, -0.1) is 0 Å². The number of hydrogen-bond donors (Lipinski definition) is 1. The van der Waals surface area contributed by atoms with Crippen molar-refractivity contribution in [3.8, 4) is 5.75 Å². The van der Waals surface area contributed by atoms with Gasteiger partial charge in [0.05, 0.1) is 28.3 Å². The van der Waals surface area contributed by atoms with Crippen LogP contribution in [0.2, 0.25) is 10.0 Å². The topological polar surface area (TPSA) is 76.1 Å². The summed E-state index contributed by atoms with van der Waals surface area (Å²) in [7, 11) is 1.57. The van der Waals surface area contributed by atoms with E-state index in [1.807, 2.05) is 6.92 Å². The molecule has 1 heterocycles. The average Bonchev–Trinajstić information content (AvgIpc) is 3.01. The molecule has 1 N–H and O–H groups in total. The van der Waals surface area contributed by atoms with Crippen LogP contribution in [0.4, 0.5) is 0 Å². The lowest BCUT2D eigenvalue weighted by Crippen LogP contribution is -2.31. The Morgan fingerprint density at radius 2 is 1.90 bits per heavy atom. The number of methoxy groups -OCH3 is 1. The van der Waals surface area contributed by atoms with E-state index < -0.39 is 17.7 Å². The molecular weight excluding hydrogens is 441 g/mol. The molecule has 1 fully saturated rings. The van der Waals surface area contributed by atoms with Gasteiger partial charge < -0.3 is 19.5 Å². The van der Waals surface area contributed by atoms with E-state index >= 15 is 0 Å². The van der Waals surface area contributed by atoms with Gasteiger partial charge in [0.2, 0.25) is 0 Å². The number of aliphatic hydroxyl groups excluding tert-OH is 1. The van der Waals surface area contributed by atoms with Crippen LogP contribution in [-0.4, -0.2) is 48.6 Å². The molecule has 1 aliphatic rings. The highest BCUT2D eigenvalue weighted by atomic mass is 35.5. The lowest BCUT2D eigenvalue weighted by atomic mass is 9.95. The van der Waals surface area contributed by atoms with Gasteiger partial charge in [0, 0.05) is 25.8 Å². The lowest BCUT2D eigenvalue weighted by molar-refractivity contribution is -0.140. The van der Waals surface area contributed by atoms with Crippen LogP contribution >= 0.6 is 23.2 Å². The zero-order valence-corrected chi connectivity index (χ0v) is 18.7. The van der Waals surface area contributed by atoms with E-state index in [9.17, 15) is 14.7 Å². The molecule has 1 atom stereocenters. The Morgan fingerprint density at radius 1 is 1.13 bits per heavy atom. The van der Waals surface area contributed by atoms with Crippen LogP contribution in [0.1, 0.15) is 30.5 Å². The fraction of sp³-hybridized carbons (Fsp3) is 0.304. The fourth-order valence-electron chi connectivity index (χ4n) is 3.57. The summed E-state index contributed by atoms with van der Waals surface area (Å²) in [6.07, 6.45) is 0.529. The Labute approximate surface area is 191 Å². The number of ketones is 1. The van der Waals surface area contributed by atoms with Gasteiger partial charge in [0.25, 0.3) is 11.7 Å². The second-order valence-electron chi connectivity index (χ2n) is 6.97. The maximum absolute atomic E-state index is 13.0. The lowest BCUT2D eigenvalue weighted by Gasteiger charge is -2.25. The molecule has 3 rings (SSSR count). The van der Waals surface area contributed by atoms with Crippen molar-refractivity contribution < 1.29 is 24.2 Å². The number of aliphatic hydroxyl groups is 1. The summed E-state index contributed by atoms with van der Waals surface area (Å²) in [6.45, 7) is 3.01. The molecule has 0 radical (unpaired) electrons. The van der Waals surface area contributed by atoms with Gasteiger partial charge in [0.1, 0.15) is 11.5 Å². The number of amides is 1.